The largest absolute Gasteiger partial charge is 0.334 e. The van der Waals surface area contributed by atoms with Gasteiger partial charge in [-0.05, 0) is 36.6 Å². The molecule has 4 rings (SSSR count). The van der Waals surface area contributed by atoms with Gasteiger partial charge in [0, 0.05) is 11.6 Å². The second kappa shape index (κ2) is 7.41. The minimum absolute atomic E-state index is 0.0325. The molecular weight excluding hydrogens is 409 g/mol. The van der Waals surface area contributed by atoms with Crippen LogP contribution in [0.3, 0.4) is 0 Å². The van der Waals surface area contributed by atoms with Gasteiger partial charge in [0.2, 0.25) is 0 Å². The van der Waals surface area contributed by atoms with Gasteiger partial charge in [-0.1, -0.05) is 22.8 Å². The number of benzene rings is 1. The summed E-state index contributed by atoms with van der Waals surface area (Å²) >= 11 is 12.1. The van der Waals surface area contributed by atoms with Gasteiger partial charge in [-0.2, -0.15) is 17.6 Å². The average Bonchev–Trinajstić information content (AvgIpc) is 3.42. The number of aromatic nitrogens is 5. The fourth-order valence-electron chi connectivity index (χ4n) is 2.65. The molecule has 3 heterocycles. The molecule has 0 bridgehead atoms. The van der Waals surface area contributed by atoms with E-state index >= 15 is 0 Å². The lowest BCUT2D eigenvalue weighted by atomic mass is 10.2. The Kier molecular flexibility index (Phi) is 4.98. The van der Waals surface area contributed by atoms with E-state index in [4.69, 9.17) is 16.1 Å². The molecular formula is C17H13ClFN5OS2. The van der Waals surface area contributed by atoms with Crippen LogP contribution < -0.4 is 0 Å². The highest BCUT2D eigenvalue weighted by atomic mass is 35.5. The summed E-state index contributed by atoms with van der Waals surface area (Å²) in [6, 6.07) is 8.07. The van der Waals surface area contributed by atoms with Gasteiger partial charge in [0.1, 0.15) is 11.1 Å². The summed E-state index contributed by atoms with van der Waals surface area (Å²) in [5, 5.41) is 14.2. The maximum absolute atomic E-state index is 14.0. The van der Waals surface area contributed by atoms with Crippen LogP contribution in [-0.4, -0.2) is 24.9 Å². The molecule has 0 aliphatic carbocycles. The number of halogens is 2. The van der Waals surface area contributed by atoms with Crippen molar-refractivity contribution in [1.29, 1.82) is 0 Å². The first kappa shape index (κ1) is 18.1. The Bertz CT molecular complexity index is 1080. The first-order valence-electron chi connectivity index (χ1n) is 8.02. The van der Waals surface area contributed by atoms with E-state index in [9.17, 15) is 4.39 Å². The Morgan fingerprint density at radius 1 is 1.33 bits per heavy atom. The molecule has 0 amide bonds. The van der Waals surface area contributed by atoms with Crippen LogP contribution in [-0.2, 0) is 6.54 Å². The number of hydrogen-bond acceptors (Lipinski definition) is 7. The Balaban J connectivity index is 1.69. The monoisotopic (exact) mass is 421 g/mol. The van der Waals surface area contributed by atoms with Crippen molar-refractivity contribution in [2.24, 2.45) is 0 Å². The fourth-order valence-corrected chi connectivity index (χ4v) is 3.83. The molecule has 6 nitrogen and oxygen atoms in total. The summed E-state index contributed by atoms with van der Waals surface area (Å²) in [6.45, 7) is 2.65. The van der Waals surface area contributed by atoms with Crippen LogP contribution in [0.25, 0.3) is 22.2 Å². The third-order valence-electron chi connectivity index (χ3n) is 3.93. The molecule has 0 aliphatic heterocycles. The Hall–Kier alpha value is -2.23. The van der Waals surface area contributed by atoms with Gasteiger partial charge < -0.3 is 9.09 Å². The van der Waals surface area contributed by atoms with E-state index in [0.29, 0.717) is 17.4 Å². The van der Waals surface area contributed by atoms with Crippen molar-refractivity contribution in [3.63, 3.8) is 0 Å². The number of thiophene rings is 1. The molecule has 0 saturated carbocycles. The zero-order chi connectivity index (χ0) is 19.0. The average molecular weight is 422 g/mol. The molecule has 4 aromatic rings. The molecule has 138 valence electrons. The van der Waals surface area contributed by atoms with E-state index in [2.05, 4.69) is 33.0 Å². The highest BCUT2D eigenvalue weighted by Crippen LogP contribution is 2.32. The lowest BCUT2D eigenvalue weighted by Gasteiger charge is -2.09. The van der Waals surface area contributed by atoms with Crippen LogP contribution >= 0.6 is 35.6 Å². The van der Waals surface area contributed by atoms with E-state index in [1.165, 1.54) is 18.2 Å². The maximum atomic E-state index is 14.0. The molecule has 0 N–H and O–H groups in total. The smallest absolute Gasteiger partial charge is 0.261 e. The maximum Gasteiger partial charge on any atom is 0.261 e. The third kappa shape index (κ3) is 3.38. The summed E-state index contributed by atoms with van der Waals surface area (Å²) in [5.74, 6) is 1.15. The van der Waals surface area contributed by atoms with Crippen LogP contribution in [0.4, 0.5) is 4.39 Å². The van der Waals surface area contributed by atoms with Crippen LogP contribution in [0, 0.1) is 5.82 Å². The topological polar surface area (TPSA) is 69.6 Å². The van der Waals surface area contributed by atoms with Crippen LogP contribution in [0.1, 0.15) is 23.8 Å². The van der Waals surface area contributed by atoms with E-state index < -0.39 is 11.1 Å². The second-order valence-electron chi connectivity index (χ2n) is 5.59. The van der Waals surface area contributed by atoms with Crippen molar-refractivity contribution in [2.45, 2.75) is 18.7 Å². The summed E-state index contributed by atoms with van der Waals surface area (Å²) < 4.78 is 21.2. The lowest BCUT2D eigenvalue weighted by molar-refractivity contribution is 0.420. The summed E-state index contributed by atoms with van der Waals surface area (Å²) in [6.07, 6.45) is 0. The van der Waals surface area contributed by atoms with Crippen LogP contribution in [0.2, 0.25) is 5.02 Å². The SMILES string of the molecule is CCn1c(-c2cccs2)nnc1C(S)c1noc(-c2cc(Cl)ccc2F)n1. The third-order valence-corrected chi connectivity index (χ3v) is 5.49. The normalized spacial score (nSPS) is 12.4. The van der Waals surface area contributed by atoms with Crippen molar-refractivity contribution in [3.05, 3.63) is 58.2 Å². The zero-order valence-corrected chi connectivity index (χ0v) is 16.5. The van der Waals surface area contributed by atoms with E-state index in [1.54, 1.807) is 11.3 Å². The van der Waals surface area contributed by atoms with Crippen molar-refractivity contribution in [2.75, 3.05) is 0 Å². The molecule has 0 spiro atoms. The van der Waals surface area contributed by atoms with Gasteiger partial charge in [-0.3, -0.25) is 0 Å². The lowest BCUT2D eigenvalue weighted by Crippen LogP contribution is -2.08. The predicted molar refractivity (Wildman–Crippen MR) is 105 cm³/mol. The van der Waals surface area contributed by atoms with Crippen molar-refractivity contribution < 1.29 is 8.91 Å². The van der Waals surface area contributed by atoms with Crippen molar-refractivity contribution in [3.8, 4) is 22.2 Å². The highest BCUT2D eigenvalue weighted by Gasteiger charge is 2.25. The van der Waals surface area contributed by atoms with Crippen molar-refractivity contribution in [1.82, 2.24) is 24.9 Å². The second-order valence-corrected chi connectivity index (χ2v) is 7.49. The molecule has 1 aromatic carbocycles. The standard InChI is InChI=1S/C17H13ClFN5OS2/c1-2-24-15(12-4-3-7-27-12)21-22-16(24)13(26)14-20-17(25-23-14)10-8-9(18)5-6-11(10)19/h3-8,13,26H,2H2,1H3. The summed E-state index contributed by atoms with van der Waals surface area (Å²) in [7, 11) is 0. The Morgan fingerprint density at radius 2 is 2.19 bits per heavy atom. The van der Waals surface area contributed by atoms with Crippen LogP contribution in [0.5, 0.6) is 0 Å². The van der Waals surface area contributed by atoms with Gasteiger partial charge in [0.05, 0.1) is 10.4 Å². The molecule has 3 aromatic heterocycles. The first-order chi connectivity index (χ1) is 13.1. The summed E-state index contributed by atoms with van der Waals surface area (Å²) in [5.41, 5.74) is 0.137. The number of hydrogen-bond donors (Lipinski definition) is 1. The summed E-state index contributed by atoms with van der Waals surface area (Å²) in [4.78, 5) is 5.28. The van der Waals surface area contributed by atoms with E-state index in [1.807, 2.05) is 29.0 Å². The van der Waals surface area contributed by atoms with Gasteiger partial charge in [0.15, 0.2) is 17.5 Å². The molecule has 0 fully saturated rings. The highest BCUT2D eigenvalue weighted by molar-refractivity contribution is 7.80. The minimum atomic E-state index is -0.578. The molecule has 0 radical (unpaired) electrons. The van der Waals surface area contributed by atoms with Crippen molar-refractivity contribution >= 4 is 35.6 Å². The molecule has 10 heteroatoms. The number of rotatable bonds is 5. The van der Waals surface area contributed by atoms with Gasteiger partial charge in [0.25, 0.3) is 5.89 Å². The molecule has 0 saturated heterocycles. The first-order valence-corrected chi connectivity index (χ1v) is 9.80. The predicted octanol–water partition coefficient (Wildman–Crippen LogP) is 4.89. The molecule has 1 atom stereocenters. The minimum Gasteiger partial charge on any atom is -0.334 e. The number of thiol groups is 1. The van der Waals surface area contributed by atoms with Gasteiger partial charge in [-0.15, -0.1) is 21.5 Å². The van der Waals surface area contributed by atoms with Gasteiger partial charge in [-0.25, -0.2) is 4.39 Å². The molecule has 27 heavy (non-hydrogen) atoms. The molecule has 0 aliphatic rings. The van der Waals surface area contributed by atoms with Gasteiger partial charge >= 0.3 is 0 Å². The fraction of sp³-hybridized carbons (Fsp3) is 0.176. The quantitative estimate of drug-likeness (QED) is 0.465. The van der Waals surface area contributed by atoms with E-state index in [0.717, 1.165) is 10.7 Å². The Labute approximate surface area is 168 Å². The Morgan fingerprint density at radius 3 is 2.93 bits per heavy atom. The zero-order valence-electron chi connectivity index (χ0n) is 14.0. The molecule has 1 unspecified atom stereocenters. The van der Waals surface area contributed by atoms with E-state index in [-0.39, 0.29) is 17.3 Å². The van der Waals surface area contributed by atoms with Crippen LogP contribution in [0.15, 0.2) is 40.2 Å². The number of nitrogens with zero attached hydrogens (tertiary/aromatic N) is 5.